The van der Waals surface area contributed by atoms with Gasteiger partial charge in [-0.3, -0.25) is 4.99 Å². The summed E-state index contributed by atoms with van der Waals surface area (Å²) in [6.07, 6.45) is 0. The average Bonchev–Trinajstić information content (AvgIpc) is 3.63. The number of benzene rings is 8. The summed E-state index contributed by atoms with van der Waals surface area (Å²) in [7, 11) is 0. The SMILES string of the molecule is CC(=NC(=NC(C)c1ccccc1)c1ccccc1)c1cc(O)c(O)c2oc3c(O)c(O)c(-c4ccc5c6ccccc6c6ccccc6c5c4)c(O)c3c12. The van der Waals surface area contributed by atoms with Gasteiger partial charge in [-0.1, -0.05) is 121 Å². The van der Waals surface area contributed by atoms with Crippen LogP contribution in [0.5, 0.6) is 28.7 Å². The largest absolute Gasteiger partial charge is 0.506 e. The summed E-state index contributed by atoms with van der Waals surface area (Å²) in [5.74, 6) is -2.29. The highest BCUT2D eigenvalue weighted by atomic mass is 16.4. The van der Waals surface area contributed by atoms with Crippen molar-refractivity contribution in [3.05, 3.63) is 150 Å². The van der Waals surface area contributed by atoms with Gasteiger partial charge in [0, 0.05) is 22.2 Å². The van der Waals surface area contributed by atoms with Crippen LogP contribution in [0.1, 0.15) is 36.6 Å². The lowest BCUT2D eigenvalue weighted by Gasteiger charge is -2.14. The van der Waals surface area contributed by atoms with E-state index in [4.69, 9.17) is 14.4 Å². The summed E-state index contributed by atoms with van der Waals surface area (Å²) in [5.41, 5.74) is 2.39. The zero-order valence-corrected chi connectivity index (χ0v) is 29.8. The molecule has 0 aliphatic carbocycles. The smallest absolute Gasteiger partial charge is 0.202 e. The number of phenols is 5. The minimum Gasteiger partial charge on any atom is -0.506 e. The van der Waals surface area contributed by atoms with Crippen LogP contribution in [0.25, 0.3) is 65.4 Å². The molecule has 9 rings (SSSR count). The summed E-state index contributed by atoms with van der Waals surface area (Å²) in [6.45, 7) is 3.71. The van der Waals surface area contributed by atoms with Crippen molar-refractivity contribution in [3.63, 3.8) is 0 Å². The van der Waals surface area contributed by atoms with Gasteiger partial charge in [0.2, 0.25) is 11.5 Å². The predicted molar refractivity (Wildman–Crippen MR) is 220 cm³/mol. The number of furan rings is 1. The Morgan fingerprint density at radius 3 is 1.73 bits per heavy atom. The van der Waals surface area contributed by atoms with E-state index in [2.05, 4.69) is 18.2 Å². The normalized spacial score (nSPS) is 13.1. The second-order valence-electron chi connectivity index (χ2n) is 13.7. The fourth-order valence-corrected chi connectivity index (χ4v) is 7.69. The van der Waals surface area contributed by atoms with Gasteiger partial charge in [-0.2, -0.15) is 0 Å². The molecule has 0 saturated heterocycles. The molecule has 0 aliphatic heterocycles. The zero-order chi connectivity index (χ0) is 38.0. The lowest BCUT2D eigenvalue weighted by molar-refractivity contribution is 0.393. The third kappa shape index (κ3) is 5.37. The number of hydrogen-bond donors (Lipinski definition) is 5. The van der Waals surface area contributed by atoms with Crippen LogP contribution in [0.2, 0.25) is 0 Å². The lowest BCUT2D eigenvalue weighted by Crippen LogP contribution is -2.06. The maximum Gasteiger partial charge on any atom is 0.202 e. The van der Waals surface area contributed by atoms with E-state index in [0.717, 1.165) is 43.4 Å². The summed E-state index contributed by atoms with van der Waals surface area (Å²) in [6, 6.07) is 42.3. The lowest BCUT2D eigenvalue weighted by atomic mass is 9.91. The quantitative estimate of drug-likeness (QED) is 0.0394. The van der Waals surface area contributed by atoms with Gasteiger partial charge in [0.05, 0.1) is 17.0 Å². The van der Waals surface area contributed by atoms with Gasteiger partial charge >= 0.3 is 0 Å². The van der Waals surface area contributed by atoms with Gasteiger partial charge in [-0.25, -0.2) is 4.99 Å². The molecule has 1 aromatic heterocycles. The molecule has 9 aromatic rings. The predicted octanol–water partition coefficient (Wildman–Crippen LogP) is 11.3. The molecule has 0 bridgehead atoms. The highest BCUT2D eigenvalue weighted by Gasteiger charge is 2.29. The molecule has 0 amide bonds. The van der Waals surface area contributed by atoms with E-state index in [-0.39, 0.29) is 39.3 Å². The number of aromatic hydroxyl groups is 5. The molecule has 0 fully saturated rings. The number of phenolic OH excluding ortho intramolecular Hbond substituents is 5. The number of hydrogen-bond acceptors (Lipinski definition) is 7. The Morgan fingerprint density at radius 1 is 0.545 bits per heavy atom. The van der Waals surface area contributed by atoms with Gasteiger partial charge in [0.15, 0.2) is 28.5 Å². The molecule has 8 nitrogen and oxygen atoms in total. The monoisotopic (exact) mass is 722 g/mol. The Labute approximate surface area is 314 Å². The molecular formula is C47H34N2O6. The van der Waals surface area contributed by atoms with E-state index in [0.29, 0.717) is 22.7 Å². The second-order valence-corrected chi connectivity index (χ2v) is 13.7. The van der Waals surface area contributed by atoms with Crippen LogP contribution in [-0.2, 0) is 0 Å². The first kappa shape index (κ1) is 33.5. The summed E-state index contributed by atoms with van der Waals surface area (Å²) in [4.78, 5) is 9.95. The van der Waals surface area contributed by atoms with Crippen molar-refractivity contribution >= 4 is 65.8 Å². The van der Waals surface area contributed by atoms with Gasteiger partial charge in [0.25, 0.3) is 0 Å². The molecule has 1 unspecified atom stereocenters. The molecule has 0 aliphatic rings. The van der Waals surface area contributed by atoms with Crippen molar-refractivity contribution in [2.45, 2.75) is 19.9 Å². The summed E-state index contributed by atoms with van der Waals surface area (Å²) < 4.78 is 5.96. The van der Waals surface area contributed by atoms with Crippen LogP contribution in [0.4, 0.5) is 0 Å². The molecule has 1 heterocycles. The fourth-order valence-electron chi connectivity index (χ4n) is 7.69. The van der Waals surface area contributed by atoms with Gasteiger partial charge in [-0.05, 0) is 69.4 Å². The van der Waals surface area contributed by atoms with Gasteiger partial charge < -0.3 is 29.9 Å². The summed E-state index contributed by atoms with van der Waals surface area (Å²) in [5, 5.41) is 63.5. The molecule has 0 spiro atoms. The summed E-state index contributed by atoms with van der Waals surface area (Å²) >= 11 is 0. The van der Waals surface area contributed by atoms with Crippen LogP contribution >= 0.6 is 0 Å². The first-order valence-corrected chi connectivity index (χ1v) is 17.9. The third-order valence-electron chi connectivity index (χ3n) is 10.4. The molecular weight excluding hydrogens is 689 g/mol. The number of aliphatic imine (C=N–C) groups is 2. The minimum atomic E-state index is -0.634. The van der Waals surface area contributed by atoms with Crippen molar-refractivity contribution in [2.75, 3.05) is 0 Å². The number of nitrogens with zero attached hydrogens (tertiary/aromatic N) is 2. The number of fused-ring (bicyclic) bond motifs is 9. The van der Waals surface area contributed by atoms with E-state index < -0.39 is 23.0 Å². The fraction of sp³-hybridized carbons (Fsp3) is 0.0638. The topological polar surface area (TPSA) is 139 Å². The molecule has 0 radical (unpaired) electrons. The molecule has 55 heavy (non-hydrogen) atoms. The number of rotatable bonds is 5. The minimum absolute atomic E-state index is 0.0248. The van der Waals surface area contributed by atoms with E-state index in [1.165, 1.54) is 6.07 Å². The molecule has 1 atom stereocenters. The average molecular weight is 723 g/mol. The van der Waals surface area contributed by atoms with Gasteiger partial charge in [-0.15, -0.1) is 0 Å². The van der Waals surface area contributed by atoms with Crippen molar-refractivity contribution in [1.29, 1.82) is 0 Å². The molecule has 0 saturated carbocycles. The molecule has 5 N–H and O–H groups in total. The highest BCUT2D eigenvalue weighted by molar-refractivity contribution is 6.27. The van der Waals surface area contributed by atoms with Crippen molar-refractivity contribution in [3.8, 4) is 39.9 Å². The second kappa shape index (κ2) is 13.0. The van der Waals surface area contributed by atoms with Gasteiger partial charge in [0.1, 0.15) is 5.75 Å². The number of amidine groups is 1. The Bertz CT molecular complexity index is 3020. The van der Waals surface area contributed by atoms with Crippen LogP contribution < -0.4 is 0 Å². The highest BCUT2D eigenvalue weighted by Crippen LogP contribution is 2.55. The standard InChI is InChI=1S/C47H34N2O6/c1-25(27-13-5-3-6-14-27)48-47(28-15-7-4-8-16-28)49-26(2)35-24-37(50)41(51)45-39(35)40-42(52)38(43(53)44(54)46(40)55-45)29-21-22-34-32-19-10-9-17-30(32)31-18-11-12-20-33(31)36(34)23-29/h3-25,50-54H,1-2H3. The first-order chi connectivity index (χ1) is 26.7. The molecule has 8 aromatic carbocycles. The van der Waals surface area contributed by atoms with Crippen molar-refractivity contribution in [1.82, 2.24) is 0 Å². The van der Waals surface area contributed by atoms with Crippen LogP contribution in [-0.4, -0.2) is 37.1 Å². The Hall–Kier alpha value is -7.32. The van der Waals surface area contributed by atoms with E-state index in [1.807, 2.05) is 110 Å². The maximum atomic E-state index is 12.2. The van der Waals surface area contributed by atoms with Crippen LogP contribution in [0.3, 0.4) is 0 Å². The first-order valence-electron chi connectivity index (χ1n) is 17.9. The van der Waals surface area contributed by atoms with Crippen molar-refractivity contribution in [2.24, 2.45) is 9.98 Å². The van der Waals surface area contributed by atoms with Crippen LogP contribution in [0.15, 0.2) is 148 Å². The van der Waals surface area contributed by atoms with Crippen LogP contribution in [0, 0.1) is 0 Å². The molecule has 268 valence electrons. The van der Waals surface area contributed by atoms with Crippen molar-refractivity contribution < 1.29 is 29.9 Å². The Morgan fingerprint density at radius 2 is 1.09 bits per heavy atom. The zero-order valence-electron chi connectivity index (χ0n) is 29.8. The molecule has 8 heteroatoms. The maximum absolute atomic E-state index is 12.2. The Balaban J connectivity index is 1.29. The van der Waals surface area contributed by atoms with E-state index >= 15 is 0 Å². The van der Waals surface area contributed by atoms with E-state index in [9.17, 15) is 25.5 Å². The Kier molecular flexibility index (Phi) is 7.90. The third-order valence-corrected chi connectivity index (χ3v) is 10.4. The van der Waals surface area contributed by atoms with E-state index in [1.54, 1.807) is 13.0 Å².